The van der Waals surface area contributed by atoms with E-state index in [4.69, 9.17) is 4.74 Å². The van der Waals surface area contributed by atoms with Crippen molar-refractivity contribution in [1.29, 1.82) is 0 Å². The molecule has 0 radical (unpaired) electrons. The summed E-state index contributed by atoms with van der Waals surface area (Å²) in [6, 6.07) is 7.54. The lowest BCUT2D eigenvalue weighted by atomic mass is 10.1. The predicted molar refractivity (Wildman–Crippen MR) is 69.4 cm³/mol. The summed E-state index contributed by atoms with van der Waals surface area (Å²) in [6.45, 7) is 6.72. The van der Waals surface area contributed by atoms with Crippen molar-refractivity contribution in [3.05, 3.63) is 29.8 Å². The van der Waals surface area contributed by atoms with Gasteiger partial charge in [-0.1, -0.05) is 26.0 Å². The van der Waals surface area contributed by atoms with Crippen molar-refractivity contribution < 1.29 is 9.53 Å². The van der Waals surface area contributed by atoms with E-state index in [1.807, 2.05) is 39.0 Å². The monoisotopic (exact) mass is 235 g/mol. The van der Waals surface area contributed by atoms with E-state index in [0.717, 1.165) is 12.8 Å². The zero-order valence-electron chi connectivity index (χ0n) is 10.8. The molecule has 1 N–H and O–H groups in total. The molecule has 0 aliphatic rings. The number of carbonyl (C=O) groups excluding carboxylic acids is 1. The molecule has 0 aliphatic carbocycles. The highest BCUT2D eigenvalue weighted by Gasteiger charge is 2.13. The summed E-state index contributed by atoms with van der Waals surface area (Å²) in [5.41, 5.74) is 0.612. The van der Waals surface area contributed by atoms with Crippen LogP contribution in [0, 0.1) is 0 Å². The number of nitrogens with one attached hydrogen (secondary N) is 1. The molecule has 17 heavy (non-hydrogen) atoms. The second-order valence-corrected chi connectivity index (χ2v) is 4.13. The van der Waals surface area contributed by atoms with Crippen LogP contribution in [0.1, 0.15) is 44.0 Å². The molecule has 0 aliphatic heterocycles. The summed E-state index contributed by atoms with van der Waals surface area (Å²) >= 11 is 0. The fourth-order valence-electron chi connectivity index (χ4n) is 1.40. The van der Waals surface area contributed by atoms with Gasteiger partial charge in [0.15, 0.2) is 0 Å². The van der Waals surface area contributed by atoms with Crippen LogP contribution in [-0.2, 0) is 0 Å². The third-order valence-corrected chi connectivity index (χ3v) is 2.58. The highest BCUT2D eigenvalue weighted by atomic mass is 16.5. The number of amides is 1. The first kappa shape index (κ1) is 13.6. The van der Waals surface area contributed by atoms with Gasteiger partial charge in [-0.15, -0.1) is 0 Å². The van der Waals surface area contributed by atoms with Gasteiger partial charge in [0.2, 0.25) is 0 Å². The quantitative estimate of drug-likeness (QED) is 0.823. The summed E-state index contributed by atoms with van der Waals surface area (Å²) in [7, 11) is 0. The third-order valence-electron chi connectivity index (χ3n) is 2.58. The first-order valence-corrected chi connectivity index (χ1v) is 6.21. The van der Waals surface area contributed by atoms with E-state index >= 15 is 0 Å². The molecule has 1 rings (SSSR count). The third kappa shape index (κ3) is 4.10. The molecule has 0 saturated heterocycles. The number of rotatable bonds is 6. The molecule has 1 amide bonds. The Morgan fingerprint density at radius 2 is 2.06 bits per heavy atom. The summed E-state index contributed by atoms with van der Waals surface area (Å²) in [4.78, 5) is 12.0. The molecule has 0 bridgehead atoms. The Balaban J connectivity index is 2.77. The fourth-order valence-corrected chi connectivity index (χ4v) is 1.40. The largest absolute Gasteiger partial charge is 0.493 e. The normalized spacial score (nSPS) is 11.9. The van der Waals surface area contributed by atoms with Gasteiger partial charge in [-0.05, 0) is 31.9 Å². The molecule has 0 aromatic heterocycles. The van der Waals surface area contributed by atoms with E-state index in [1.165, 1.54) is 0 Å². The average molecular weight is 235 g/mol. The van der Waals surface area contributed by atoms with Gasteiger partial charge in [0.1, 0.15) is 5.75 Å². The van der Waals surface area contributed by atoms with Crippen molar-refractivity contribution in [2.45, 2.75) is 39.7 Å². The van der Waals surface area contributed by atoms with Gasteiger partial charge in [0.05, 0.1) is 12.2 Å². The molecule has 0 spiro atoms. The second-order valence-electron chi connectivity index (χ2n) is 4.13. The van der Waals surface area contributed by atoms with Crippen molar-refractivity contribution in [2.75, 3.05) is 6.61 Å². The zero-order chi connectivity index (χ0) is 12.7. The van der Waals surface area contributed by atoms with Crippen molar-refractivity contribution in [1.82, 2.24) is 5.32 Å². The van der Waals surface area contributed by atoms with Crippen LogP contribution in [0.2, 0.25) is 0 Å². The standard InChI is InChI=1S/C14H21NO2/c1-4-10-17-13-9-7-6-8-12(13)14(16)15-11(3)5-2/h6-9,11H,4-5,10H2,1-3H3,(H,15,16)/t11-/m1/s1. The minimum atomic E-state index is -0.0638. The fraction of sp³-hybridized carbons (Fsp3) is 0.500. The molecule has 3 nitrogen and oxygen atoms in total. The average Bonchev–Trinajstić information content (AvgIpc) is 2.36. The molecule has 0 heterocycles. The first-order valence-electron chi connectivity index (χ1n) is 6.21. The van der Waals surface area contributed by atoms with Crippen molar-refractivity contribution in [2.24, 2.45) is 0 Å². The molecule has 0 fully saturated rings. The van der Waals surface area contributed by atoms with E-state index in [2.05, 4.69) is 5.32 Å². The zero-order valence-corrected chi connectivity index (χ0v) is 10.8. The minimum absolute atomic E-state index is 0.0638. The van der Waals surface area contributed by atoms with E-state index in [1.54, 1.807) is 6.07 Å². The molecule has 1 aromatic carbocycles. The van der Waals surface area contributed by atoms with Gasteiger partial charge >= 0.3 is 0 Å². The number of hydrogen-bond donors (Lipinski definition) is 1. The predicted octanol–water partition coefficient (Wildman–Crippen LogP) is 3.00. The van der Waals surface area contributed by atoms with Crippen LogP contribution in [0.5, 0.6) is 5.75 Å². The molecular formula is C14H21NO2. The molecule has 3 heteroatoms. The Morgan fingerprint density at radius 3 is 2.71 bits per heavy atom. The second kappa shape index (κ2) is 6.94. The number of para-hydroxylation sites is 1. The number of carbonyl (C=O) groups is 1. The van der Waals surface area contributed by atoms with Gasteiger partial charge in [0.25, 0.3) is 5.91 Å². The maximum atomic E-state index is 12.0. The molecule has 1 aromatic rings. The minimum Gasteiger partial charge on any atom is -0.493 e. The Hall–Kier alpha value is -1.51. The molecule has 1 atom stereocenters. The SMILES string of the molecule is CCCOc1ccccc1C(=O)N[C@H](C)CC. The van der Waals surface area contributed by atoms with E-state index < -0.39 is 0 Å². The number of benzene rings is 1. The molecular weight excluding hydrogens is 214 g/mol. The Bertz CT molecular complexity index is 363. The summed E-state index contributed by atoms with van der Waals surface area (Å²) in [5.74, 6) is 0.598. The molecule has 0 saturated carbocycles. The summed E-state index contributed by atoms with van der Waals surface area (Å²) in [5, 5.41) is 2.94. The van der Waals surface area contributed by atoms with Crippen LogP contribution >= 0.6 is 0 Å². The summed E-state index contributed by atoms with van der Waals surface area (Å²) < 4.78 is 5.56. The van der Waals surface area contributed by atoms with Crippen LogP contribution in [0.25, 0.3) is 0 Å². The van der Waals surface area contributed by atoms with E-state index in [9.17, 15) is 4.79 Å². The van der Waals surface area contributed by atoms with Gasteiger partial charge in [-0.2, -0.15) is 0 Å². The lowest BCUT2D eigenvalue weighted by Gasteiger charge is -2.14. The van der Waals surface area contributed by atoms with Crippen LogP contribution in [0.4, 0.5) is 0 Å². The maximum absolute atomic E-state index is 12.0. The van der Waals surface area contributed by atoms with Gasteiger partial charge in [0, 0.05) is 6.04 Å². The van der Waals surface area contributed by atoms with Crippen LogP contribution in [0.15, 0.2) is 24.3 Å². The lowest BCUT2D eigenvalue weighted by Crippen LogP contribution is -2.32. The lowest BCUT2D eigenvalue weighted by molar-refractivity contribution is 0.0935. The van der Waals surface area contributed by atoms with Crippen LogP contribution in [-0.4, -0.2) is 18.6 Å². The van der Waals surface area contributed by atoms with Gasteiger partial charge in [-0.25, -0.2) is 0 Å². The number of ether oxygens (including phenoxy) is 1. The Kier molecular flexibility index (Phi) is 5.53. The van der Waals surface area contributed by atoms with E-state index in [-0.39, 0.29) is 11.9 Å². The summed E-state index contributed by atoms with van der Waals surface area (Å²) in [6.07, 6.45) is 1.85. The highest BCUT2D eigenvalue weighted by molar-refractivity contribution is 5.97. The Morgan fingerprint density at radius 1 is 1.35 bits per heavy atom. The van der Waals surface area contributed by atoms with Crippen LogP contribution < -0.4 is 10.1 Å². The van der Waals surface area contributed by atoms with Crippen molar-refractivity contribution in [3.63, 3.8) is 0 Å². The van der Waals surface area contributed by atoms with Gasteiger partial charge < -0.3 is 10.1 Å². The molecule has 0 unspecified atom stereocenters. The number of hydrogen-bond acceptors (Lipinski definition) is 2. The van der Waals surface area contributed by atoms with Crippen molar-refractivity contribution in [3.8, 4) is 5.75 Å². The Labute approximate surface area is 103 Å². The topological polar surface area (TPSA) is 38.3 Å². The maximum Gasteiger partial charge on any atom is 0.255 e. The first-order chi connectivity index (χ1) is 8.19. The smallest absolute Gasteiger partial charge is 0.255 e. The van der Waals surface area contributed by atoms with Crippen molar-refractivity contribution >= 4 is 5.91 Å². The van der Waals surface area contributed by atoms with E-state index in [0.29, 0.717) is 17.9 Å². The van der Waals surface area contributed by atoms with Gasteiger partial charge in [-0.3, -0.25) is 4.79 Å². The molecule has 94 valence electrons. The van der Waals surface area contributed by atoms with Crippen LogP contribution in [0.3, 0.4) is 0 Å². The highest BCUT2D eigenvalue weighted by Crippen LogP contribution is 2.18.